The van der Waals surface area contributed by atoms with Crippen molar-refractivity contribution in [2.75, 3.05) is 26.2 Å². The first-order valence-electron chi connectivity index (χ1n) is 10.8. The molecule has 0 aliphatic carbocycles. The fourth-order valence-electron chi connectivity index (χ4n) is 3.90. The molecule has 1 aromatic heterocycles. The maximum atomic E-state index is 6.09. The molecule has 7 nitrogen and oxygen atoms in total. The summed E-state index contributed by atoms with van der Waals surface area (Å²) in [6, 6.07) is 16.9. The van der Waals surface area contributed by atoms with E-state index in [4.69, 9.17) is 9.73 Å². The van der Waals surface area contributed by atoms with Gasteiger partial charge in [0.05, 0.1) is 26.2 Å². The fourth-order valence-corrected chi connectivity index (χ4v) is 3.90. The summed E-state index contributed by atoms with van der Waals surface area (Å²) >= 11 is 0. The molecule has 1 saturated heterocycles. The van der Waals surface area contributed by atoms with Gasteiger partial charge in [0.1, 0.15) is 18.8 Å². The minimum absolute atomic E-state index is 0. The lowest BCUT2D eigenvalue weighted by molar-refractivity contribution is -0.00834. The van der Waals surface area contributed by atoms with Crippen molar-refractivity contribution in [2.24, 2.45) is 4.99 Å². The number of nitrogens with one attached hydrogen (secondary N) is 1. The molecule has 2 heterocycles. The molecule has 0 radical (unpaired) electrons. The number of aryl methyl sites for hydroxylation is 1. The Morgan fingerprint density at radius 1 is 1.19 bits per heavy atom. The smallest absolute Gasteiger partial charge is 0.194 e. The van der Waals surface area contributed by atoms with Crippen molar-refractivity contribution >= 4 is 29.9 Å². The first-order valence-corrected chi connectivity index (χ1v) is 10.8. The van der Waals surface area contributed by atoms with Crippen molar-refractivity contribution in [3.05, 3.63) is 83.4 Å². The Balaban J connectivity index is 0.00000289. The molecule has 0 spiro atoms. The van der Waals surface area contributed by atoms with E-state index in [1.54, 1.807) is 12.7 Å². The highest BCUT2D eigenvalue weighted by molar-refractivity contribution is 14.0. The van der Waals surface area contributed by atoms with Gasteiger partial charge < -0.3 is 15.0 Å². The monoisotopic (exact) mass is 546 g/mol. The lowest BCUT2D eigenvalue weighted by Gasteiger charge is -2.35. The van der Waals surface area contributed by atoms with Crippen molar-refractivity contribution in [3.63, 3.8) is 0 Å². The highest BCUT2D eigenvalue weighted by atomic mass is 127. The summed E-state index contributed by atoms with van der Waals surface area (Å²) in [5, 5.41) is 7.65. The first kappa shape index (κ1) is 24.2. The normalized spacial score (nSPS) is 16.5. The SMILES string of the molecule is CCNC(=NCc1cccc(Cn2cncn2)c1)N1CCOC(c2ccccc2C)C1.I. The summed E-state index contributed by atoms with van der Waals surface area (Å²) in [7, 11) is 0. The van der Waals surface area contributed by atoms with Crippen molar-refractivity contribution in [2.45, 2.75) is 33.0 Å². The van der Waals surface area contributed by atoms with Gasteiger partial charge in [-0.3, -0.25) is 0 Å². The maximum Gasteiger partial charge on any atom is 0.194 e. The van der Waals surface area contributed by atoms with Crippen LogP contribution in [-0.2, 0) is 17.8 Å². The maximum absolute atomic E-state index is 6.09. The Kier molecular flexibility index (Phi) is 9.04. The van der Waals surface area contributed by atoms with Crippen LogP contribution in [0, 0.1) is 6.92 Å². The van der Waals surface area contributed by atoms with E-state index >= 15 is 0 Å². The molecular formula is C24H31IN6O. The number of hydrogen-bond donors (Lipinski definition) is 1. The van der Waals surface area contributed by atoms with Crippen LogP contribution >= 0.6 is 24.0 Å². The van der Waals surface area contributed by atoms with Crippen LogP contribution in [0.4, 0.5) is 0 Å². The molecule has 1 aliphatic rings. The van der Waals surface area contributed by atoms with Gasteiger partial charge in [-0.25, -0.2) is 14.7 Å². The molecule has 3 aromatic rings. The number of aromatic nitrogens is 3. The summed E-state index contributed by atoms with van der Waals surface area (Å²) < 4.78 is 7.92. The molecule has 8 heteroatoms. The van der Waals surface area contributed by atoms with Crippen molar-refractivity contribution in [1.29, 1.82) is 0 Å². The van der Waals surface area contributed by atoms with E-state index in [2.05, 4.69) is 82.7 Å². The van der Waals surface area contributed by atoms with Gasteiger partial charge >= 0.3 is 0 Å². The van der Waals surface area contributed by atoms with Gasteiger partial charge in [0.25, 0.3) is 0 Å². The van der Waals surface area contributed by atoms with E-state index in [-0.39, 0.29) is 30.1 Å². The summed E-state index contributed by atoms with van der Waals surface area (Å²) in [4.78, 5) is 11.3. The Hall–Kier alpha value is -2.46. The van der Waals surface area contributed by atoms with Crippen LogP contribution in [0.5, 0.6) is 0 Å². The Bertz CT molecular complexity index is 1010. The number of rotatable bonds is 6. The number of halogens is 1. The molecule has 0 amide bonds. The minimum atomic E-state index is 0. The molecule has 1 unspecified atom stereocenters. The van der Waals surface area contributed by atoms with Crippen LogP contribution in [-0.4, -0.2) is 51.9 Å². The quantitative estimate of drug-likeness (QED) is 0.290. The second kappa shape index (κ2) is 12.0. The van der Waals surface area contributed by atoms with Crippen LogP contribution in [0.15, 0.2) is 66.2 Å². The number of hydrogen-bond acceptors (Lipinski definition) is 4. The molecule has 1 aliphatic heterocycles. The van der Waals surface area contributed by atoms with E-state index < -0.39 is 0 Å². The van der Waals surface area contributed by atoms with Crippen molar-refractivity contribution < 1.29 is 4.74 Å². The molecule has 2 aromatic carbocycles. The molecular weight excluding hydrogens is 515 g/mol. The van der Waals surface area contributed by atoms with E-state index in [0.717, 1.165) is 25.6 Å². The van der Waals surface area contributed by atoms with Crippen LogP contribution in [0.2, 0.25) is 0 Å². The lowest BCUT2D eigenvalue weighted by atomic mass is 10.0. The highest BCUT2D eigenvalue weighted by Crippen LogP contribution is 2.25. The number of morpholine rings is 1. The zero-order chi connectivity index (χ0) is 21.5. The van der Waals surface area contributed by atoms with E-state index in [0.29, 0.717) is 19.7 Å². The zero-order valence-corrected chi connectivity index (χ0v) is 21.0. The summed E-state index contributed by atoms with van der Waals surface area (Å²) in [5.41, 5.74) is 4.88. The molecule has 0 bridgehead atoms. The van der Waals surface area contributed by atoms with Crippen LogP contribution in [0.3, 0.4) is 0 Å². The molecule has 4 rings (SSSR count). The second-order valence-corrected chi connectivity index (χ2v) is 7.75. The molecule has 0 saturated carbocycles. The third-order valence-electron chi connectivity index (χ3n) is 5.45. The molecule has 1 fully saturated rings. The predicted octanol–water partition coefficient (Wildman–Crippen LogP) is 3.79. The minimum Gasteiger partial charge on any atom is -0.370 e. The number of aliphatic imine (C=N–C) groups is 1. The summed E-state index contributed by atoms with van der Waals surface area (Å²) in [6.45, 7) is 8.73. The molecule has 1 N–H and O–H groups in total. The molecule has 170 valence electrons. The average molecular weight is 546 g/mol. The largest absolute Gasteiger partial charge is 0.370 e. The topological polar surface area (TPSA) is 67.6 Å². The van der Waals surface area contributed by atoms with E-state index in [1.807, 2.05) is 4.68 Å². The molecule has 32 heavy (non-hydrogen) atoms. The summed E-state index contributed by atoms with van der Waals surface area (Å²) in [5.74, 6) is 0.936. The Labute approximate surface area is 206 Å². The number of benzene rings is 2. The van der Waals surface area contributed by atoms with Gasteiger partial charge in [-0.15, -0.1) is 24.0 Å². The van der Waals surface area contributed by atoms with Crippen molar-refractivity contribution in [3.8, 4) is 0 Å². The Morgan fingerprint density at radius 2 is 2.03 bits per heavy atom. The number of ether oxygens (including phenoxy) is 1. The van der Waals surface area contributed by atoms with Gasteiger partial charge in [-0.1, -0.05) is 48.5 Å². The van der Waals surface area contributed by atoms with Crippen LogP contribution < -0.4 is 5.32 Å². The van der Waals surface area contributed by atoms with Crippen molar-refractivity contribution in [1.82, 2.24) is 25.0 Å². The average Bonchev–Trinajstić information content (AvgIpc) is 3.30. The third-order valence-corrected chi connectivity index (χ3v) is 5.45. The zero-order valence-electron chi connectivity index (χ0n) is 18.6. The van der Waals surface area contributed by atoms with Crippen LogP contribution in [0.25, 0.3) is 0 Å². The highest BCUT2D eigenvalue weighted by Gasteiger charge is 2.25. The van der Waals surface area contributed by atoms with Gasteiger partial charge in [0, 0.05) is 13.1 Å². The fraction of sp³-hybridized carbons (Fsp3) is 0.375. The van der Waals surface area contributed by atoms with Gasteiger partial charge in [0.15, 0.2) is 5.96 Å². The first-order chi connectivity index (χ1) is 15.2. The number of guanidine groups is 1. The van der Waals surface area contributed by atoms with E-state index in [9.17, 15) is 0 Å². The van der Waals surface area contributed by atoms with Gasteiger partial charge in [-0.05, 0) is 36.1 Å². The van der Waals surface area contributed by atoms with E-state index in [1.165, 1.54) is 22.3 Å². The lowest BCUT2D eigenvalue weighted by Crippen LogP contribution is -2.48. The second-order valence-electron chi connectivity index (χ2n) is 7.75. The number of nitrogens with zero attached hydrogens (tertiary/aromatic N) is 5. The van der Waals surface area contributed by atoms with Gasteiger partial charge in [0.2, 0.25) is 0 Å². The Morgan fingerprint density at radius 3 is 2.81 bits per heavy atom. The standard InChI is InChI=1S/C24H30N6O.HI/c1-3-26-24(29-11-12-31-23(16-29)22-10-5-4-7-19(22)2)27-14-20-8-6-9-21(13-20)15-30-18-25-17-28-30;/h4-10,13,17-18,23H,3,11-12,14-16H2,1-2H3,(H,26,27);1H. The van der Waals surface area contributed by atoms with Crippen LogP contribution in [0.1, 0.15) is 35.3 Å². The van der Waals surface area contributed by atoms with Gasteiger partial charge in [-0.2, -0.15) is 5.10 Å². The predicted molar refractivity (Wildman–Crippen MR) is 137 cm³/mol. The molecule has 1 atom stereocenters. The summed E-state index contributed by atoms with van der Waals surface area (Å²) in [6.07, 6.45) is 3.35. The third kappa shape index (κ3) is 6.29.